The Hall–Kier alpha value is -2.47. The molecule has 2 aliphatic heterocycles. The van der Waals surface area contributed by atoms with Gasteiger partial charge in [0.05, 0.1) is 6.10 Å². The molecule has 0 spiro atoms. The molecule has 148 valence electrons. The molecule has 0 unspecified atom stereocenters. The number of carbonyl (C=O) groups excluding carboxylic acids is 1. The smallest absolute Gasteiger partial charge is 0.223 e. The van der Waals surface area contributed by atoms with Gasteiger partial charge in [-0.2, -0.15) is 0 Å². The van der Waals surface area contributed by atoms with E-state index in [1.54, 1.807) is 0 Å². The molecule has 6 heteroatoms. The van der Waals surface area contributed by atoms with Crippen molar-refractivity contribution in [2.24, 2.45) is 5.92 Å². The van der Waals surface area contributed by atoms with Crippen LogP contribution in [0.1, 0.15) is 31.2 Å². The third kappa shape index (κ3) is 4.50. The molecule has 3 heterocycles. The number of nitrogens with one attached hydrogen (secondary N) is 1. The fourth-order valence-electron chi connectivity index (χ4n) is 3.90. The standard InChI is InChI=1S/C22H28N4O2/c1-16-4-6-17(7-5-16)21-23-11-8-20(25-21)26-12-9-18(10-13-26)22(27)24-15-19-3-2-14-28-19/h4-8,11,18-19H,2-3,9-10,12-15H2,1H3,(H,24,27)/t19-/m0/s1. The number of hydrogen-bond acceptors (Lipinski definition) is 5. The highest BCUT2D eigenvalue weighted by Gasteiger charge is 2.26. The van der Waals surface area contributed by atoms with Crippen molar-refractivity contribution in [3.63, 3.8) is 0 Å². The Morgan fingerprint density at radius 1 is 1.18 bits per heavy atom. The third-order valence-corrected chi connectivity index (χ3v) is 5.67. The van der Waals surface area contributed by atoms with Gasteiger partial charge in [0.15, 0.2) is 5.82 Å². The van der Waals surface area contributed by atoms with Crippen molar-refractivity contribution < 1.29 is 9.53 Å². The highest BCUT2D eigenvalue weighted by atomic mass is 16.5. The van der Waals surface area contributed by atoms with Crippen LogP contribution in [0.4, 0.5) is 5.82 Å². The first-order valence-corrected chi connectivity index (χ1v) is 10.2. The number of ether oxygens (including phenoxy) is 1. The predicted octanol–water partition coefficient (Wildman–Crippen LogP) is 2.96. The Bertz CT molecular complexity index is 794. The molecule has 0 aliphatic carbocycles. The predicted molar refractivity (Wildman–Crippen MR) is 109 cm³/mol. The van der Waals surface area contributed by atoms with Crippen molar-refractivity contribution in [3.05, 3.63) is 42.1 Å². The van der Waals surface area contributed by atoms with E-state index in [2.05, 4.69) is 46.4 Å². The van der Waals surface area contributed by atoms with Crippen molar-refractivity contribution in [1.82, 2.24) is 15.3 Å². The number of rotatable bonds is 5. The lowest BCUT2D eigenvalue weighted by molar-refractivity contribution is -0.126. The first-order valence-electron chi connectivity index (χ1n) is 10.2. The molecule has 6 nitrogen and oxygen atoms in total. The van der Waals surface area contributed by atoms with Gasteiger partial charge in [0, 0.05) is 43.9 Å². The Morgan fingerprint density at radius 2 is 1.96 bits per heavy atom. The summed E-state index contributed by atoms with van der Waals surface area (Å²) in [4.78, 5) is 23.9. The molecule has 2 fully saturated rings. The van der Waals surface area contributed by atoms with Gasteiger partial charge in [-0.3, -0.25) is 4.79 Å². The molecule has 1 amide bonds. The minimum Gasteiger partial charge on any atom is -0.376 e. The molecule has 1 aromatic heterocycles. The van der Waals surface area contributed by atoms with Crippen LogP contribution in [-0.2, 0) is 9.53 Å². The molecule has 28 heavy (non-hydrogen) atoms. The van der Waals surface area contributed by atoms with E-state index >= 15 is 0 Å². The van der Waals surface area contributed by atoms with E-state index in [0.29, 0.717) is 6.54 Å². The van der Waals surface area contributed by atoms with Gasteiger partial charge < -0.3 is 15.0 Å². The summed E-state index contributed by atoms with van der Waals surface area (Å²) in [5, 5.41) is 3.08. The van der Waals surface area contributed by atoms with Crippen LogP contribution in [-0.4, -0.2) is 48.2 Å². The number of piperidine rings is 1. The maximum atomic E-state index is 12.5. The van der Waals surface area contributed by atoms with Gasteiger partial charge in [-0.05, 0) is 38.7 Å². The maximum absolute atomic E-state index is 12.5. The molecule has 0 bridgehead atoms. The number of aromatic nitrogens is 2. The number of hydrogen-bond donors (Lipinski definition) is 1. The lowest BCUT2D eigenvalue weighted by atomic mass is 9.96. The van der Waals surface area contributed by atoms with Crippen molar-refractivity contribution in [2.45, 2.75) is 38.7 Å². The van der Waals surface area contributed by atoms with Crippen LogP contribution >= 0.6 is 0 Å². The molecular formula is C22H28N4O2. The number of amides is 1. The largest absolute Gasteiger partial charge is 0.376 e. The Morgan fingerprint density at radius 3 is 2.68 bits per heavy atom. The van der Waals surface area contributed by atoms with Crippen molar-refractivity contribution in [2.75, 3.05) is 31.1 Å². The Balaban J connectivity index is 1.32. The van der Waals surface area contributed by atoms with Crippen LogP contribution in [0.15, 0.2) is 36.5 Å². The van der Waals surface area contributed by atoms with E-state index in [1.165, 1.54) is 5.56 Å². The van der Waals surface area contributed by atoms with Gasteiger partial charge >= 0.3 is 0 Å². The molecule has 2 aromatic rings. The molecule has 0 radical (unpaired) electrons. The van der Waals surface area contributed by atoms with Gasteiger partial charge in [-0.1, -0.05) is 29.8 Å². The fourth-order valence-corrected chi connectivity index (χ4v) is 3.90. The zero-order valence-corrected chi connectivity index (χ0v) is 16.4. The number of nitrogens with zero attached hydrogens (tertiary/aromatic N) is 3. The Labute approximate surface area is 166 Å². The van der Waals surface area contributed by atoms with Crippen LogP contribution in [0.25, 0.3) is 11.4 Å². The number of anilines is 1. The first-order chi connectivity index (χ1) is 13.7. The minimum atomic E-state index is 0.0797. The van der Waals surface area contributed by atoms with Gasteiger partial charge in [-0.25, -0.2) is 9.97 Å². The summed E-state index contributed by atoms with van der Waals surface area (Å²) >= 11 is 0. The van der Waals surface area contributed by atoms with E-state index in [0.717, 1.165) is 62.6 Å². The second-order valence-corrected chi connectivity index (χ2v) is 7.75. The SMILES string of the molecule is Cc1ccc(-c2nccc(N3CCC(C(=O)NC[C@@H]4CCCO4)CC3)n2)cc1. The van der Waals surface area contributed by atoms with Crippen molar-refractivity contribution in [3.8, 4) is 11.4 Å². The molecule has 1 atom stereocenters. The lowest BCUT2D eigenvalue weighted by Crippen LogP contribution is -2.42. The van der Waals surface area contributed by atoms with Gasteiger partial charge in [0.1, 0.15) is 5.82 Å². The van der Waals surface area contributed by atoms with Crippen LogP contribution in [0.5, 0.6) is 0 Å². The average Bonchev–Trinajstić information content (AvgIpc) is 3.26. The van der Waals surface area contributed by atoms with E-state index in [-0.39, 0.29) is 17.9 Å². The zero-order valence-electron chi connectivity index (χ0n) is 16.4. The van der Waals surface area contributed by atoms with E-state index < -0.39 is 0 Å². The molecule has 4 rings (SSSR count). The summed E-state index contributed by atoms with van der Waals surface area (Å²) < 4.78 is 5.58. The second kappa shape index (κ2) is 8.69. The molecule has 1 N–H and O–H groups in total. The fraction of sp³-hybridized carbons (Fsp3) is 0.500. The highest BCUT2D eigenvalue weighted by molar-refractivity contribution is 5.79. The summed E-state index contributed by atoms with van der Waals surface area (Å²) in [6.07, 6.45) is 5.86. The van der Waals surface area contributed by atoms with E-state index in [9.17, 15) is 4.79 Å². The summed E-state index contributed by atoms with van der Waals surface area (Å²) in [5.41, 5.74) is 2.25. The van der Waals surface area contributed by atoms with Crippen molar-refractivity contribution >= 4 is 11.7 Å². The second-order valence-electron chi connectivity index (χ2n) is 7.75. The summed E-state index contributed by atoms with van der Waals surface area (Å²) in [7, 11) is 0. The quantitative estimate of drug-likeness (QED) is 0.864. The summed E-state index contributed by atoms with van der Waals surface area (Å²) in [6, 6.07) is 10.2. The topological polar surface area (TPSA) is 67.4 Å². The first kappa shape index (κ1) is 18.9. The normalized spacial score (nSPS) is 20.3. The number of carbonyl (C=O) groups is 1. The molecule has 1 aromatic carbocycles. The minimum absolute atomic E-state index is 0.0797. The molecule has 2 saturated heterocycles. The average molecular weight is 380 g/mol. The molecular weight excluding hydrogens is 352 g/mol. The monoisotopic (exact) mass is 380 g/mol. The highest BCUT2D eigenvalue weighted by Crippen LogP contribution is 2.24. The Kier molecular flexibility index (Phi) is 5.86. The van der Waals surface area contributed by atoms with Crippen LogP contribution < -0.4 is 10.2 Å². The van der Waals surface area contributed by atoms with Crippen LogP contribution in [0, 0.1) is 12.8 Å². The van der Waals surface area contributed by atoms with Gasteiger partial charge in [0.2, 0.25) is 5.91 Å². The van der Waals surface area contributed by atoms with Crippen LogP contribution in [0.3, 0.4) is 0 Å². The number of aryl methyl sites for hydroxylation is 1. The molecule has 2 aliphatic rings. The lowest BCUT2D eigenvalue weighted by Gasteiger charge is -2.32. The molecule has 0 saturated carbocycles. The summed E-state index contributed by atoms with van der Waals surface area (Å²) in [5.74, 6) is 1.92. The van der Waals surface area contributed by atoms with Gasteiger partial charge in [0.25, 0.3) is 0 Å². The van der Waals surface area contributed by atoms with E-state index in [4.69, 9.17) is 9.72 Å². The van der Waals surface area contributed by atoms with Crippen LogP contribution in [0.2, 0.25) is 0 Å². The summed E-state index contributed by atoms with van der Waals surface area (Å²) in [6.45, 7) is 5.21. The van der Waals surface area contributed by atoms with E-state index in [1.807, 2.05) is 12.3 Å². The van der Waals surface area contributed by atoms with Crippen molar-refractivity contribution in [1.29, 1.82) is 0 Å². The number of benzene rings is 1. The zero-order chi connectivity index (χ0) is 19.3. The maximum Gasteiger partial charge on any atom is 0.223 e. The third-order valence-electron chi connectivity index (χ3n) is 5.67. The van der Waals surface area contributed by atoms with Gasteiger partial charge in [-0.15, -0.1) is 0 Å².